The number of alkyl halides is 3. The fourth-order valence-electron chi connectivity index (χ4n) is 3.09. The SMILES string of the molecule is C=C[C@H]1CC[C@@]2(C=CCN(Cc3ccccc3)C2=O)N1.O=C(O)C(F)(F)F. The number of rotatable bonds is 3. The Kier molecular flexibility index (Phi) is 6.43. The van der Waals surface area contributed by atoms with E-state index in [1.54, 1.807) is 0 Å². The van der Waals surface area contributed by atoms with Gasteiger partial charge in [0.05, 0.1) is 0 Å². The summed E-state index contributed by atoms with van der Waals surface area (Å²) in [4.78, 5) is 23.6. The van der Waals surface area contributed by atoms with E-state index in [1.807, 2.05) is 35.3 Å². The molecular weight excluding hydrogens is 361 g/mol. The van der Waals surface area contributed by atoms with Crippen molar-refractivity contribution in [2.75, 3.05) is 6.54 Å². The van der Waals surface area contributed by atoms with Gasteiger partial charge in [0, 0.05) is 19.1 Å². The number of amides is 1. The van der Waals surface area contributed by atoms with E-state index in [0.29, 0.717) is 13.1 Å². The summed E-state index contributed by atoms with van der Waals surface area (Å²) in [6.07, 6.45) is 2.78. The summed E-state index contributed by atoms with van der Waals surface area (Å²) in [5.74, 6) is -2.57. The highest BCUT2D eigenvalue weighted by atomic mass is 19.4. The lowest BCUT2D eigenvalue weighted by Crippen LogP contribution is -2.56. The zero-order chi connectivity index (χ0) is 20.1. The first-order chi connectivity index (χ1) is 12.7. The summed E-state index contributed by atoms with van der Waals surface area (Å²) in [5, 5.41) is 10.6. The average molecular weight is 382 g/mol. The molecule has 1 aromatic rings. The fraction of sp³-hybridized carbons (Fsp3) is 0.368. The molecule has 0 radical (unpaired) electrons. The largest absolute Gasteiger partial charge is 0.490 e. The van der Waals surface area contributed by atoms with Crippen molar-refractivity contribution < 1.29 is 27.9 Å². The maximum Gasteiger partial charge on any atom is 0.490 e. The van der Waals surface area contributed by atoms with Crippen LogP contribution in [-0.2, 0) is 16.1 Å². The Labute approximate surface area is 155 Å². The predicted molar refractivity (Wildman–Crippen MR) is 93.8 cm³/mol. The normalized spacial score (nSPS) is 24.5. The topological polar surface area (TPSA) is 69.6 Å². The van der Waals surface area contributed by atoms with Gasteiger partial charge in [-0.1, -0.05) is 48.6 Å². The molecular formula is C19H21F3N2O3. The molecule has 1 amide bonds. The minimum absolute atomic E-state index is 0.188. The van der Waals surface area contributed by atoms with Gasteiger partial charge in [-0.05, 0) is 18.4 Å². The van der Waals surface area contributed by atoms with Gasteiger partial charge in [0.2, 0.25) is 5.91 Å². The monoisotopic (exact) mass is 382 g/mol. The second-order valence-electron chi connectivity index (χ2n) is 6.37. The van der Waals surface area contributed by atoms with Gasteiger partial charge < -0.3 is 10.0 Å². The van der Waals surface area contributed by atoms with Crippen molar-refractivity contribution in [1.29, 1.82) is 0 Å². The number of aliphatic carboxylic acids is 1. The fourth-order valence-corrected chi connectivity index (χ4v) is 3.09. The number of carbonyl (C=O) groups excluding carboxylic acids is 1. The smallest absolute Gasteiger partial charge is 0.475 e. The first-order valence-corrected chi connectivity index (χ1v) is 8.39. The molecule has 0 bridgehead atoms. The molecule has 0 aromatic heterocycles. The molecule has 5 nitrogen and oxygen atoms in total. The first-order valence-electron chi connectivity index (χ1n) is 8.39. The summed E-state index contributed by atoms with van der Waals surface area (Å²) in [6, 6.07) is 10.4. The lowest BCUT2D eigenvalue weighted by molar-refractivity contribution is -0.192. The number of carboxylic acid groups (broad SMARTS) is 1. The Morgan fingerprint density at radius 3 is 2.52 bits per heavy atom. The van der Waals surface area contributed by atoms with Crippen LogP contribution in [0.1, 0.15) is 18.4 Å². The molecule has 1 aromatic carbocycles. The quantitative estimate of drug-likeness (QED) is 0.789. The molecule has 2 heterocycles. The van der Waals surface area contributed by atoms with Crippen LogP contribution in [0.15, 0.2) is 55.1 Å². The molecule has 1 fully saturated rings. The number of hydrogen-bond donors (Lipinski definition) is 2. The van der Waals surface area contributed by atoms with Gasteiger partial charge in [0.25, 0.3) is 0 Å². The van der Waals surface area contributed by atoms with Crippen LogP contribution in [0.3, 0.4) is 0 Å². The minimum Gasteiger partial charge on any atom is -0.475 e. The molecule has 2 N–H and O–H groups in total. The molecule has 0 saturated carbocycles. The average Bonchev–Trinajstić information content (AvgIpc) is 3.04. The van der Waals surface area contributed by atoms with Crippen LogP contribution in [0.4, 0.5) is 13.2 Å². The maximum atomic E-state index is 12.8. The van der Waals surface area contributed by atoms with Crippen molar-refractivity contribution in [3.63, 3.8) is 0 Å². The van der Waals surface area contributed by atoms with Crippen molar-refractivity contribution in [1.82, 2.24) is 10.2 Å². The lowest BCUT2D eigenvalue weighted by atomic mass is 9.92. The third kappa shape index (κ3) is 5.19. The Hall–Kier alpha value is -2.61. The molecule has 146 valence electrons. The van der Waals surface area contributed by atoms with Crippen LogP contribution in [-0.4, -0.2) is 46.2 Å². The molecule has 2 aliphatic heterocycles. The molecule has 27 heavy (non-hydrogen) atoms. The molecule has 2 aliphatic rings. The van der Waals surface area contributed by atoms with Gasteiger partial charge >= 0.3 is 12.1 Å². The van der Waals surface area contributed by atoms with Crippen LogP contribution < -0.4 is 5.32 Å². The van der Waals surface area contributed by atoms with E-state index in [1.165, 1.54) is 5.56 Å². The second-order valence-corrected chi connectivity index (χ2v) is 6.37. The van der Waals surface area contributed by atoms with Crippen LogP contribution in [0.2, 0.25) is 0 Å². The summed E-state index contributed by atoms with van der Waals surface area (Å²) < 4.78 is 31.7. The summed E-state index contributed by atoms with van der Waals surface area (Å²) in [7, 11) is 0. The van der Waals surface area contributed by atoms with E-state index in [9.17, 15) is 18.0 Å². The third-order valence-electron chi connectivity index (χ3n) is 4.43. The van der Waals surface area contributed by atoms with Crippen molar-refractivity contribution in [3.05, 3.63) is 60.7 Å². The Balaban J connectivity index is 0.000000321. The van der Waals surface area contributed by atoms with Gasteiger partial charge in [0.1, 0.15) is 5.54 Å². The molecule has 0 aliphatic carbocycles. The molecule has 3 rings (SSSR count). The number of halogens is 3. The molecule has 1 spiro atoms. The maximum absolute atomic E-state index is 12.8. The standard InChI is InChI=1S/C17H20N2O.C2HF3O2/c1-2-15-9-11-17(18-15)10-6-12-19(16(17)20)13-14-7-4-3-5-8-14;3-2(4,5)1(6)7/h2-8,10,15,18H,1,9,11-13H2;(H,6,7)/t15-,17+;/m0./s1. The first kappa shape index (κ1) is 20.7. The summed E-state index contributed by atoms with van der Waals surface area (Å²) >= 11 is 0. The highest BCUT2D eigenvalue weighted by Crippen LogP contribution is 2.30. The van der Waals surface area contributed by atoms with Crippen LogP contribution in [0, 0.1) is 0 Å². The number of nitrogens with zero attached hydrogens (tertiary/aromatic N) is 1. The van der Waals surface area contributed by atoms with E-state index in [-0.39, 0.29) is 11.9 Å². The summed E-state index contributed by atoms with van der Waals surface area (Å²) in [5.41, 5.74) is 0.663. The van der Waals surface area contributed by atoms with E-state index >= 15 is 0 Å². The minimum atomic E-state index is -5.08. The Bertz CT molecular complexity index is 719. The molecule has 1 saturated heterocycles. The van der Waals surface area contributed by atoms with Gasteiger partial charge in [0.15, 0.2) is 0 Å². The van der Waals surface area contributed by atoms with Crippen LogP contribution in [0.5, 0.6) is 0 Å². The van der Waals surface area contributed by atoms with Gasteiger partial charge in [-0.15, -0.1) is 6.58 Å². The Morgan fingerprint density at radius 2 is 2.00 bits per heavy atom. The van der Waals surface area contributed by atoms with Crippen molar-refractivity contribution in [2.45, 2.75) is 37.1 Å². The third-order valence-corrected chi connectivity index (χ3v) is 4.43. The zero-order valence-electron chi connectivity index (χ0n) is 14.6. The van der Waals surface area contributed by atoms with Gasteiger partial charge in [-0.3, -0.25) is 10.1 Å². The highest BCUT2D eigenvalue weighted by Gasteiger charge is 2.45. The van der Waals surface area contributed by atoms with Crippen molar-refractivity contribution in [3.8, 4) is 0 Å². The predicted octanol–water partition coefficient (Wildman–Crippen LogP) is 2.90. The zero-order valence-corrected chi connectivity index (χ0v) is 14.6. The lowest BCUT2D eigenvalue weighted by Gasteiger charge is -2.36. The molecule has 2 atom stereocenters. The Morgan fingerprint density at radius 1 is 1.37 bits per heavy atom. The second kappa shape index (κ2) is 8.39. The van der Waals surface area contributed by atoms with E-state index in [2.05, 4.69) is 30.1 Å². The number of benzene rings is 1. The molecule has 8 heteroatoms. The van der Waals surface area contributed by atoms with E-state index in [4.69, 9.17) is 9.90 Å². The molecule has 0 unspecified atom stereocenters. The van der Waals surface area contributed by atoms with E-state index < -0.39 is 17.7 Å². The van der Waals surface area contributed by atoms with E-state index in [0.717, 1.165) is 12.8 Å². The number of carbonyl (C=O) groups is 2. The number of carboxylic acids is 1. The van der Waals surface area contributed by atoms with Crippen LogP contribution >= 0.6 is 0 Å². The van der Waals surface area contributed by atoms with Gasteiger partial charge in [-0.2, -0.15) is 13.2 Å². The van der Waals surface area contributed by atoms with Crippen molar-refractivity contribution >= 4 is 11.9 Å². The summed E-state index contributed by atoms with van der Waals surface area (Å²) in [6.45, 7) is 5.18. The number of hydrogen-bond acceptors (Lipinski definition) is 3. The van der Waals surface area contributed by atoms with Crippen molar-refractivity contribution in [2.24, 2.45) is 0 Å². The number of nitrogens with one attached hydrogen (secondary N) is 1. The van der Waals surface area contributed by atoms with Crippen LogP contribution in [0.25, 0.3) is 0 Å². The highest BCUT2D eigenvalue weighted by molar-refractivity contribution is 5.90. The van der Waals surface area contributed by atoms with Gasteiger partial charge in [-0.25, -0.2) is 4.79 Å².